The van der Waals surface area contributed by atoms with E-state index in [2.05, 4.69) is 170 Å². The molecule has 2 nitrogen and oxygen atoms in total. The minimum Gasteiger partial charge on any atom is -0.656 e. The molecule has 0 fully saturated rings. The van der Waals surface area contributed by atoms with Crippen LogP contribution in [0.1, 0.15) is 52.7 Å². The second kappa shape index (κ2) is 11.8. The van der Waals surface area contributed by atoms with Gasteiger partial charge in [0, 0.05) is 5.69 Å². The van der Waals surface area contributed by atoms with E-state index in [0.29, 0.717) is 0 Å². The van der Waals surface area contributed by atoms with Crippen LogP contribution in [0.4, 0.5) is 0 Å². The molecule has 0 aliphatic carbocycles. The molecule has 1 aliphatic rings. The number of hydrogen-bond donors (Lipinski definition) is 0. The molecule has 0 N–H and O–H groups in total. The summed E-state index contributed by atoms with van der Waals surface area (Å²) in [7, 11) is -1.96. The minimum atomic E-state index is -1.96. The molecular weight excluding hydrogens is 794 g/mol. The van der Waals surface area contributed by atoms with Gasteiger partial charge < -0.3 is 4.98 Å². The van der Waals surface area contributed by atoms with Gasteiger partial charge >= 0.3 is 22.4 Å². The van der Waals surface area contributed by atoms with E-state index in [4.69, 9.17) is 9.97 Å². The van der Waals surface area contributed by atoms with Crippen LogP contribution in [-0.2, 0) is 33.2 Å². The monoisotopic (exact) mass is 834 g/mol. The molecule has 0 saturated carbocycles. The molecule has 3 heterocycles. The summed E-state index contributed by atoms with van der Waals surface area (Å²) in [5.41, 5.74) is 13.5. The van der Waals surface area contributed by atoms with Gasteiger partial charge in [-0.15, -0.1) is 34.3 Å². The standard InChI is InChI=1S/C45H41N2Si.Au/c1-44(2,3)33-17-13-28(14-18-33)30-25-31(29-15-19-34(20-16-29)45(4,5)6)27-32(26-30)37-22-24-40-43(46-37)41-39(48(40,7)8)23-21-36-35-11-9-10-12-38(35)47-42(36)41;/h9-15,17-26H,1-8H3;/q-3;+3. The van der Waals surface area contributed by atoms with Crippen molar-refractivity contribution in [1.29, 1.82) is 0 Å². The Hall–Kier alpha value is -3.99. The fourth-order valence-electron chi connectivity index (χ4n) is 7.29. The Morgan fingerprint density at radius 3 is 2.00 bits per heavy atom. The van der Waals surface area contributed by atoms with Crippen LogP contribution >= 0.6 is 0 Å². The molecule has 49 heavy (non-hydrogen) atoms. The van der Waals surface area contributed by atoms with Crippen molar-refractivity contribution in [2.24, 2.45) is 0 Å². The number of aromatic nitrogens is 2. The summed E-state index contributed by atoms with van der Waals surface area (Å²) < 4.78 is 0. The second-order valence-electron chi connectivity index (χ2n) is 16.0. The first-order valence-corrected chi connectivity index (χ1v) is 20.0. The topological polar surface area (TPSA) is 27.0 Å². The van der Waals surface area contributed by atoms with E-state index >= 15 is 0 Å². The summed E-state index contributed by atoms with van der Waals surface area (Å²) in [4.78, 5) is 10.7. The SMILES string of the molecule is CC(C)(C)c1c[c-]c(-c2[c-]c(-c3ccc4c(n3)-c3c(ccc5c3[n-]c3ccccc35)[Si]4(C)C)cc(-c3ccc(C(C)(C)C)cc3)c2)cc1.[Au+3]. The first-order chi connectivity index (χ1) is 22.8. The molecule has 0 amide bonds. The van der Waals surface area contributed by atoms with Crippen LogP contribution in [0.25, 0.3) is 66.6 Å². The first kappa shape index (κ1) is 33.5. The van der Waals surface area contributed by atoms with Gasteiger partial charge in [-0.2, -0.15) is 35.9 Å². The van der Waals surface area contributed by atoms with Crippen molar-refractivity contribution in [3.8, 4) is 44.8 Å². The van der Waals surface area contributed by atoms with Crippen molar-refractivity contribution in [3.63, 3.8) is 0 Å². The zero-order valence-electron chi connectivity index (χ0n) is 29.5. The average molecular weight is 835 g/mol. The van der Waals surface area contributed by atoms with Gasteiger partial charge in [-0.3, -0.25) is 4.98 Å². The Bertz CT molecular complexity index is 2290. The molecule has 2 aromatic heterocycles. The van der Waals surface area contributed by atoms with E-state index in [1.807, 2.05) is 0 Å². The van der Waals surface area contributed by atoms with E-state index in [1.54, 1.807) is 0 Å². The minimum absolute atomic E-state index is 0. The maximum absolute atomic E-state index is 5.50. The predicted octanol–water partition coefficient (Wildman–Crippen LogP) is 10.3. The Kier molecular flexibility index (Phi) is 8.08. The zero-order chi connectivity index (χ0) is 33.6. The van der Waals surface area contributed by atoms with Crippen LogP contribution < -0.4 is 15.4 Å². The van der Waals surface area contributed by atoms with Gasteiger partial charge in [-0.25, -0.2) is 5.56 Å². The van der Waals surface area contributed by atoms with E-state index in [-0.39, 0.29) is 33.2 Å². The zero-order valence-corrected chi connectivity index (χ0v) is 32.7. The molecule has 246 valence electrons. The molecule has 1 aliphatic heterocycles. The molecule has 0 saturated heterocycles. The van der Waals surface area contributed by atoms with Crippen molar-refractivity contribution in [2.45, 2.75) is 65.5 Å². The van der Waals surface area contributed by atoms with Crippen LogP contribution in [-0.4, -0.2) is 13.1 Å². The molecule has 8 rings (SSSR count). The number of nitrogens with zero attached hydrogens (tertiary/aromatic N) is 2. The van der Waals surface area contributed by atoms with E-state index < -0.39 is 8.07 Å². The van der Waals surface area contributed by atoms with Gasteiger partial charge in [0.1, 0.15) is 8.07 Å². The Balaban J connectivity index is 0.00000378. The van der Waals surface area contributed by atoms with Gasteiger partial charge in [0.2, 0.25) is 0 Å². The maximum atomic E-state index is 5.50. The Labute approximate surface area is 307 Å². The first-order valence-electron chi connectivity index (χ1n) is 17.0. The quantitative estimate of drug-likeness (QED) is 0.131. The normalized spacial score (nSPS) is 13.7. The average Bonchev–Trinajstić information content (AvgIpc) is 3.56. The van der Waals surface area contributed by atoms with Crippen molar-refractivity contribution in [2.75, 3.05) is 0 Å². The van der Waals surface area contributed by atoms with E-state index in [9.17, 15) is 0 Å². The number of rotatable bonds is 3. The number of fused-ring (bicyclic) bond motifs is 7. The van der Waals surface area contributed by atoms with Crippen molar-refractivity contribution < 1.29 is 22.4 Å². The van der Waals surface area contributed by atoms with E-state index in [0.717, 1.165) is 44.7 Å². The van der Waals surface area contributed by atoms with Crippen LogP contribution in [0.5, 0.6) is 0 Å². The Morgan fingerprint density at radius 1 is 0.633 bits per heavy atom. The van der Waals surface area contributed by atoms with Gasteiger partial charge in [0.15, 0.2) is 0 Å². The van der Waals surface area contributed by atoms with Gasteiger partial charge in [-0.1, -0.05) is 133 Å². The summed E-state index contributed by atoms with van der Waals surface area (Å²) in [5, 5.41) is 5.21. The second-order valence-corrected chi connectivity index (χ2v) is 20.3. The number of para-hydroxylation sites is 1. The van der Waals surface area contributed by atoms with Gasteiger partial charge in [0.05, 0.1) is 5.69 Å². The van der Waals surface area contributed by atoms with Crippen LogP contribution in [0.2, 0.25) is 13.1 Å². The fourth-order valence-corrected chi connectivity index (χ4v) is 10.2. The summed E-state index contributed by atoms with van der Waals surface area (Å²) in [6, 6.07) is 45.1. The number of hydrogen-bond acceptors (Lipinski definition) is 1. The molecule has 7 aromatic rings. The molecule has 0 bridgehead atoms. The van der Waals surface area contributed by atoms with Crippen LogP contribution in [0.15, 0.2) is 103 Å². The summed E-state index contributed by atoms with van der Waals surface area (Å²) in [6.07, 6.45) is 0. The summed E-state index contributed by atoms with van der Waals surface area (Å²) >= 11 is 0. The third-order valence-electron chi connectivity index (χ3n) is 10.3. The smallest absolute Gasteiger partial charge is 0.656 e. The molecule has 4 heteroatoms. The van der Waals surface area contributed by atoms with E-state index in [1.165, 1.54) is 43.4 Å². The predicted molar refractivity (Wildman–Crippen MR) is 206 cm³/mol. The third kappa shape index (κ3) is 5.67. The largest absolute Gasteiger partial charge is 3.00 e. The number of benzene rings is 5. The molecule has 0 atom stereocenters. The molecule has 0 radical (unpaired) electrons. The molecule has 0 unspecified atom stereocenters. The third-order valence-corrected chi connectivity index (χ3v) is 13.8. The summed E-state index contributed by atoms with van der Waals surface area (Å²) in [5.74, 6) is 0. The molecule has 5 aromatic carbocycles. The van der Waals surface area contributed by atoms with Gasteiger partial charge in [-0.05, 0) is 48.7 Å². The van der Waals surface area contributed by atoms with Crippen molar-refractivity contribution in [1.82, 2.24) is 9.97 Å². The van der Waals surface area contributed by atoms with Crippen LogP contribution in [0, 0.1) is 12.1 Å². The fraction of sp³-hybridized carbons (Fsp3) is 0.222. The van der Waals surface area contributed by atoms with Gasteiger partial charge in [0.25, 0.3) is 0 Å². The van der Waals surface area contributed by atoms with Crippen molar-refractivity contribution >= 4 is 40.3 Å². The molecule has 0 spiro atoms. The number of pyridine rings is 1. The summed E-state index contributed by atoms with van der Waals surface area (Å²) in [6.45, 7) is 18.4. The molecular formula is C45H41AuN2Si. The maximum Gasteiger partial charge on any atom is 3.00 e. The van der Waals surface area contributed by atoms with Crippen LogP contribution in [0.3, 0.4) is 0 Å². The Morgan fingerprint density at radius 2 is 1.31 bits per heavy atom. The van der Waals surface area contributed by atoms with Crippen molar-refractivity contribution in [3.05, 3.63) is 126 Å².